The van der Waals surface area contributed by atoms with E-state index in [2.05, 4.69) is 144 Å². The van der Waals surface area contributed by atoms with Gasteiger partial charge in [-0.15, -0.1) is 0 Å². The lowest BCUT2D eigenvalue weighted by Gasteiger charge is -2.28. The molecular weight excluding hydrogens is 408 g/mol. The Kier molecular flexibility index (Phi) is 6.73. The Labute approximate surface area is 209 Å². The zero-order chi connectivity index (χ0) is 25.7. The predicted molar refractivity (Wildman–Crippen MR) is 152 cm³/mol. The zero-order valence-electron chi connectivity index (χ0n) is 23.8. The van der Waals surface area contributed by atoms with Crippen molar-refractivity contribution in [2.75, 3.05) is 0 Å². The molecule has 0 unspecified atom stereocenters. The molecule has 3 aromatic carbocycles. The molecule has 0 spiro atoms. The molecule has 0 aliphatic rings. The molecule has 34 heavy (non-hydrogen) atoms. The van der Waals surface area contributed by atoms with Gasteiger partial charge in [-0.1, -0.05) is 138 Å². The molecule has 182 valence electrons. The van der Waals surface area contributed by atoms with E-state index in [1.54, 1.807) is 0 Å². The van der Waals surface area contributed by atoms with Crippen LogP contribution in [0.3, 0.4) is 0 Å². The van der Waals surface area contributed by atoms with Gasteiger partial charge in [-0.05, 0) is 72.2 Å². The van der Waals surface area contributed by atoms with Crippen molar-refractivity contribution < 1.29 is 0 Å². The zero-order valence-corrected chi connectivity index (χ0v) is 23.8. The average molecular weight is 455 g/mol. The Morgan fingerprint density at radius 3 is 1.21 bits per heavy atom. The van der Waals surface area contributed by atoms with Crippen molar-refractivity contribution in [3.05, 3.63) is 82.9 Å². The summed E-state index contributed by atoms with van der Waals surface area (Å²) in [5.41, 5.74) is 11.2. The molecule has 0 aliphatic heterocycles. The Morgan fingerprint density at radius 2 is 0.765 bits per heavy atom. The third-order valence-corrected chi connectivity index (χ3v) is 6.84. The minimum atomic E-state index is 0.0654. The Morgan fingerprint density at radius 1 is 0.382 bits per heavy atom. The van der Waals surface area contributed by atoms with Crippen LogP contribution in [0.25, 0.3) is 22.3 Å². The highest BCUT2D eigenvalue weighted by Gasteiger charge is 2.24. The molecule has 0 aliphatic carbocycles. The fraction of sp³-hybridized carbons (Fsp3) is 0.471. The maximum absolute atomic E-state index is 2.41. The van der Waals surface area contributed by atoms with Crippen molar-refractivity contribution in [1.29, 1.82) is 0 Å². The van der Waals surface area contributed by atoms with Gasteiger partial charge in [0.25, 0.3) is 0 Å². The molecule has 3 rings (SSSR count). The fourth-order valence-corrected chi connectivity index (χ4v) is 4.43. The Bertz CT molecular complexity index is 1130. The molecular formula is C34H46. The first-order valence-corrected chi connectivity index (χ1v) is 12.8. The normalized spacial score (nSPS) is 13.3. The third kappa shape index (κ3) is 5.83. The van der Waals surface area contributed by atoms with E-state index >= 15 is 0 Å². The van der Waals surface area contributed by atoms with Crippen molar-refractivity contribution in [3.63, 3.8) is 0 Å². The van der Waals surface area contributed by atoms with E-state index in [-0.39, 0.29) is 21.7 Å². The highest BCUT2D eigenvalue weighted by molar-refractivity contribution is 5.77. The lowest BCUT2D eigenvalue weighted by atomic mass is 9.77. The SMILES string of the molecule is CC(C)(C)c1cc(-c2cc(C(C)(C)C)cc(C(C)(C)C)c2)cc(-c2ccccc2C(C)(C)C)c1. The van der Waals surface area contributed by atoms with Crippen LogP contribution in [0.4, 0.5) is 0 Å². The van der Waals surface area contributed by atoms with Crippen LogP contribution >= 0.6 is 0 Å². The van der Waals surface area contributed by atoms with Crippen molar-refractivity contribution in [3.8, 4) is 22.3 Å². The Balaban J connectivity index is 2.36. The summed E-state index contributed by atoms with van der Waals surface area (Å²) in [5.74, 6) is 0. The van der Waals surface area contributed by atoms with Gasteiger partial charge in [-0.3, -0.25) is 0 Å². The third-order valence-electron chi connectivity index (χ3n) is 6.84. The van der Waals surface area contributed by atoms with Crippen LogP contribution in [0.1, 0.15) is 105 Å². The first-order chi connectivity index (χ1) is 15.4. The van der Waals surface area contributed by atoms with Crippen molar-refractivity contribution >= 4 is 0 Å². The summed E-state index contributed by atoms with van der Waals surface area (Å²) in [6.45, 7) is 27.8. The maximum Gasteiger partial charge on any atom is -0.0126 e. The smallest absolute Gasteiger partial charge is 0.0126 e. The van der Waals surface area contributed by atoms with Gasteiger partial charge in [-0.2, -0.15) is 0 Å². The minimum Gasteiger partial charge on any atom is -0.0619 e. The van der Waals surface area contributed by atoms with Crippen LogP contribution in [0.2, 0.25) is 0 Å². The van der Waals surface area contributed by atoms with Crippen LogP contribution in [0, 0.1) is 0 Å². The van der Waals surface area contributed by atoms with Gasteiger partial charge in [0.15, 0.2) is 0 Å². The molecule has 0 bridgehead atoms. The van der Waals surface area contributed by atoms with E-state index in [0.29, 0.717) is 0 Å². The second-order valence-corrected chi connectivity index (χ2v) is 14.1. The molecule has 0 amide bonds. The maximum atomic E-state index is 2.41. The lowest BCUT2D eigenvalue weighted by Crippen LogP contribution is -2.16. The van der Waals surface area contributed by atoms with E-state index in [0.717, 1.165) is 0 Å². The average Bonchev–Trinajstić information content (AvgIpc) is 2.70. The summed E-state index contributed by atoms with van der Waals surface area (Å²) >= 11 is 0. The van der Waals surface area contributed by atoms with Gasteiger partial charge in [-0.25, -0.2) is 0 Å². The second kappa shape index (κ2) is 8.71. The van der Waals surface area contributed by atoms with Gasteiger partial charge in [0, 0.05) is 0 Å². The highest BCUT2D eigenvalue weighted by Crippen LogP contribution is 2.40. The molecule has 0 saturated heterocycles. The summed E-state index contributed by atoms with van der Waals surface area (Å²) in [7, 11) is 0. The standard InChI is InChI=1S/C34H46/c1-31(2,3)26-18-23(17-25(21-26)29-15-13-14-16-30(29)34(10,11)12)24-19-27(32(4,5)6)22-28(20-24)33(7,8)9/h13-22H,1-12H3. The molecule has 0 N–H and O–H groups in total. The largest absolute Gasteiger partial charge is 0.0619 e. The monoisotopic (exact) mass is 454 g/mol. The van der Waals surface area contributed by atoms with E-state index in [4.69, 9.17) is 0 Å². The molecule has 0 heteroatoms. The number of rotatable bonds is 2. The van der Waals surface area contributed by atoms with Crippen LogP contribution in [0.15, 0.2) is 60.7 Å². The summed E-state index contributed by atoms with van der Waals surface area (Å²) < 4.78 is 0. The molecule has 3 aromatic rings. The lowest BCUT2D eigenvalue weighted by molar-refractivity contribution is 0.569. The molecule has 0 radical (unpaired) electrons. The van der Waals surface area contributed by atoms with Crippen LogP contribution in [-0.2, 0) is 21.7 Å². The van der Waals surface area contributed by atoms with Gasteiger partial charge in [0.2, 0.25) is 0 Å². The summed E-state index contributed by atoms with van der Waals surface area (Å²) in [4.78, 5) is 0. The van der Waals surface area contributed by atoms with Crippen molar-refractivity contribution in [1.82, 2.24) is 0 Å². The highest BCUT2D eigenvalue weighted by atomic mass is 14.3. The van der Waals surface area contributed by atoms with E-state index < -0.39 is 0 Å². The second-order valence-electron chi connectivity index (χ2n) is 14.1. The molecule has 0 nitrogen and oxygen atoms in total. The van der Waals surface area contributed by atoms with E-state index in [1.165, 1.54) is 44.5 Å². The number of benzene rings is 3. The Hall–Kier alpha value is -2.34. The first-order valence-electron chi connectivity index (χ1n) is 12.8. The molecule has 0 atom stereocenters. The molecule has 0 saturated carbocycles. The predicted octanol–water partition coefficient (Wildman–Crippen LogP) is 10.2. The number of hydrogen-bond donors (Lipinski definition) is 0. The minimum absolute atomic E-state index is 0.0654. The van der Waals surface area contributed by atoms with Crippen LogP contribution in [-0.4, -0.2) is 0 Å². The topological polar surface area (TPSA) is 0 Å². The molecule has 0 aromatic heterocycles. The van der Waals surface area contributed by atoms with Crippen LogP contribution < -0.4 is 0 Å². The van der Waals surface area contributed by atoms with Crippen molar-refractivity contribution in [2.45, 2.75) is 105 Å². The quantitative estimate of drug-likeness (QED) is 0.361. The number of hydrogen-bond acceptors (Lipinski definition) is 0. The van der Waals surface area contributed by atoms with Gasteiger partial charge >= 0.3 is 0 Å². The summed E-state index contributed by atoms with van der Waals surface area (Å²) in [6.07, 6.45) is 0. The van der Waals surface area contributed by atoms with E-state index in [9.17, 15) is 0 Å². The van der Waals surface area contributed by atoms with E-state index in [1.807, 2.05) is 0 Å². The summed E-state index contributed by atoms with van der Waals surface area (Å²) in [6, 6.07) is 23.4. The van der Waals surface area contributed by atoms with Gasteiger partial charge in [0.05, 0.1) is 0 Å². The van der Waals surface area contributed by atoms with Gasteiger partial charge < -0.3 is 0 Å². The first kappa shape index (κ1) is 26.3. The summed E-state index contributed by atoms with van der Waals surface area (Å²) in [5, 5.41) is 0. The van der Waals surface area contributed by atoms with Gasteiger partial charge in [0.1, 0.15) is 0 Å². The van der Waals surface area contributed by atoms with Crippen molar-refractivity contribution in [2.24, 2.45) is 0 Å². The fourth-order valence-electron chi connectivity index (χ4n) is 4.43. The van der Waals surface area contributed by atoms with Crippen LogP contribution in [0.5, 0.6) is 0 Å². The molecule has 0 heterocycles. The molecule has 0 fully saturated rings.